The number of hydrogen-bond donors (Lipinski definition) is 1. The Bertz CT molecular complexity index is 649. The van der Waals surface area contributed by atoms with Crippen molar-refractivity contribution in [2.75, 3.05) is 0 Å². The largest absolute Gasteiger partial charge is 0.413 e. The molecule has 0 unspecified atom stereocenters. The van der Waals surface area contributed by atoms with Gasteiger partial charge in [0, 0.05) is 25.4 Å². The van der Waals surface area contributed by atoms with Crippen LogP contribution in [0.1, 0.15) is 18.0 Å². The number of rotatable bonds is 5. The van der Waals surface area contributed by atoms with E-state index < -0.39 is 35.3 Å². The van der Waals surface area contributed by atoms with Crippen LogP contribution in [0.2, 0.25) is 0 Å². The monoisotopic (exact) mass is 333 g/mol. The maximum absolute atomic E-state index is 13.6. The molecule has 0 bridgehead atoms. The third-order valence-electron chi connectivity index (χ3n) is 3.05. The van der Waals surface area contributed by atoms with Crippen molar-refractivity contribution < 1.29 is 26.7 Å². The van der Waals surface area contributed by atoms with Crippen LogP contribution in [0.5, 0.6) is 0 Å². The second kappa shape index (κ2) is 6.76. The zero-order valence-corrected chi connectivity index (χ0v) is 11.6. The molecule has 1 amide bonds. The summed E-state index contributed by atoms with van der Waals surface area (Å²) in [5.74, 6) is -3.75. The molecule has 0 aliphatic carbocycles. The molecular weight excluding hydrogens is 321 g/mol. The van der Waals surface area contributed by atoms with E-state index in [2.05, 4.69) is 5.10 Å². The van der Waals surface area contributed by atoms with E-state index in [4.69, 9.17) is 0 Å². The third kappa shape index (κ3) is 4.27. The van der Waals surface area contributed by atoms with Gasteiger partial charge in [-0.2, -0.15) is 18.3 Å². The third-order valence-corrected chi connectivity index (χ3v) is 3.05. The molecule has 0 aliphatic rings. The summed E-state index contributed by atoms with van der Waals surface area (Å²) in [6.07, 6.45) is -2.37. The van der Waals surface area contributed by atoms with Crippen LogP contribution in [-0.4, -0.2) is 21.9 Å². The number of alkyl halides is 3. The standard InChI is InChI=1S/C14H12F5N3O/c15-9-3-1-4-10(16)12(9)13(14(17,18)19)21-11(23)5-8-22-7-2-6-20-22/h1-4,6-7,13H,5,8H2,(H,21,23)/t13-/m1/s1. The summed E-state index contributed by atoms with van der Waals surface area (Å²) >= 11 is 0. The van der Waals surface area contributed by atoms with Gasteiger partial charge in [-0.05, 0) is 18.2 Å². The molecule has 2 aromatic rings. The number of amides is 1. The number of carbonyl (C=O) groups excluding carboxylic acids is 1. The smallest absolute Gasteiger partial charge is 0.341 e. The average Bonchev–Trinajstić information content (AvgIpc) is 2.96. The zero-order chi connectivity index (χ0) is 17.0. The molecule has 1 heterocycles. The summed E-state index contributed by atoms with van der Waals surface area (Å²) in [6, 6.07) is 1.18. The molecular formula is C14H12F5N3O. The molecule has 0 aliphatic heterocycles. The van der Waals surface area contributed by atoms with Gasteiger partial charge in [-0.1, -0.05) is 6.07 Å². The summed E-state index contributed by atoms with van der Waals surface area (Å²) in [5, 5.41) is 5.43. The van der Waals surface area contributed by atoms with Gasteiger partial charge in [-0.3, -0.25) is 9.48 Å². The minimum atomic E-state index is -5.04. The Morgan fingerprint density at radius 2 is 1.87 bits per heavy atom. The molecule has 9 heteroatoms. The van der Waals surface area contributed by atoms with Crippen molar-refractivity contribution in [3.05, 3.63) is 53.9 Å². The summed E-state index contributed by atoms with van der Waals surface area (Å²) < 4.78 is 67.7. The van der Waals surface area contributed by atoms with Gasteiger partial charge in [0.2, 0.25) is 5.91 Å². The highest BCUT2D eigenvalue weighted by Crippen LogP contribution is 2.35. The van der Waals surface area contributed by atoms with Gasteiger partial charge in [-0.25, -0.2) is 8.78 Å². The van der Waals surface area contributed by atoms with E-state index in [1.54, 1.807) is 11.4 Å². The average molecular weight is 333 g/mol. The fourth-order valence-corrected chi connectivity index (χ4v) is 1.99. The van der Waals surface area contributed by atoms with Crippen LogP contribution in [0.15, 0.2) is 36.7 Å². The number of aromatic nitrogens is 2. The highest BCUT2D eigenvalue weighted by atomic mass is 19.4. The summed E-state index contributed by atoms with van der Waals surface area (Å²) in [7, 11) is 0. The first-order valence-electron chi connectivity index (χ1n) is 6.56. The summed E-state index contributed by atoms with van der Waals surface area (Å²) in [5.41, 5.74) is -1.23. The predicted molar refractivity (Wildman–Crippen MR) is 70.1 cm³/mol. The minimum Gasteiger partial charge on any atom is -0.341 e. The van der Waals surface area contributed by atoms with E-state index in [9.17, 15) is 26.7 Å². The van der Waals surface area contributed by atoms with Crippen LogP contribution in [0, 0.1) is 11.6 Å². The van der Waals surface area contributed by atoms with Crippen LogP contribution in [-0.2, 0) is 11.3 Å². The van der Waals surface area contributed by atoms with Crippen molar-refractivity contribution in [1.29, 1.82) is 0 Å². The Morgan fingerprint density at radius 1 is 1.22 bits per heavy atom. The van der Waals surface area contributed by atoms with Crippen LogP contribution >= 0.6 is 0 Å². The predicted octanol–water partition coefficient (Wildman–Crippen LogP) is 2.97. The van der Waals surface area contributed by atoms with Gasteiger partial charge in [0.25, 0.3) is 0 Å². The molecule has 1 aromatic carbocycles. The Labute approximate surface area is 127 Å². The number of nitrogens with one attached hydrogen (secondary N) is 1. The van der Waals surface area contributed by atoms with Crippen LogP contribution in [0.25, 0.3) is 0 Å². The SMILES string of the molecule is O=C(CCn1cccn1)N[C@H](c1c(F)cccc1F)C(F)(F)F. The molecule has 1 N–H and O–H groups in total. The summed E-state index contributed by atoms with van der Waals surface area (Å²) in [6.45, 7) is 0.0448. The maximum Gasteiger partial charge on any atom is 0.413 e. The Morgan fingerprint density at radius 3 is 2.39 bits per heavy atom. The number of carbonyl (C=O) groups is 1. The zero-order valence-electron chi connectivity index (χ0n) is 11.6. The lowest BCUT2D eigenvalue weighted by Gasteiger charge is -2.23. The molecule has 124 valence electrons. The van der Waals surface area contributed by atoms with Gasteiger partial charge in [0.1, 0.15) is 11.6 Å². The first-order chi connectivity index (χ1) is 10.8. The van der Waals surface area contributed by atoms with Crippen molar-refractivity contribution in [1.82, 2.24) is 15.1 Å². The van der Waals surface area contributed by atoms with Crippen LogP contribution in [0.3, 0.4) is 0 Å². The normalized spacial score (nSPS) is 12.9. The van der Waals surface area contributed by atoms with Crippen molar-refractivity contribution in [2.45, 2.75) is 25.2 Å². The highest BCUT2D eigenvalue weighted by Gasteiger charge is 2.44. The van der Waals surface area contributed by atoms with E-state index >= 15 is 0 Å². The molecule has 0 radical (unpaired) electrons. The number of benzene rings is 1. The second-order valence-electron chi connectivity index (χ2n) is 4.70. The summed E-state index contributed by atoms with van der Waals surface area (Å²) in [4.78, 5) is 11.7. The maximum atomic E-state index is 13.6. The minimum absolute atomic E-state index is 0.0448. The molecule has 23 heavy (non-hydrogen) atoms. The van der Waals surface area contributed by atoms with Crippen molar-refractivity contribution in [3.8, 4) is 0 Å². The van der Waals surface area contributed by atoms with E-state index in [0.29, 0.717) is 12.1 Å². The molecule has 2 rings (SSSR count). The lowest BCUT2D eigenvalue weighted by Crippen LogP contribution is -2.39. The Hall–Kier alpha value is -2.45. The number of nitrogens with zero attached hydrogens (tertiary/aromatic N) is 2. The van der Waals surface area contributed by atoms with E-state index in [0.717, 1.165) is 6.07 Å². The van der Waals surface area contributed by atoms with Gasteiger partial charge in [-0.15, -0.1) is 0 Å². The van der Waals surface area contributed by atoms with Crippen LogP contribution < -0.4 is 5.32 Å². The van der Waals surface area contributed by atoms with Gasteiger partial charge in [0.15, 0.2) is 6.04 Å². The number of aryl methyl sites for hydroxylation is 1. The van der Waals surface area contributed by atoms with Gasteiger partial charge >= 0.3 is 6.18 Å². The lowest BCUT2D eigenvalue weighted by atomic mass is 10.0. The Kier molecular flexibility index (Phi) is 4.97. The first-order valence-corrected chi connectivity index (χ1v) is 6.56. The van der Waals surface area contributed by atoms with Crippen molar-refractivity contribution in [2.24, 2.45) is 0 Å². The number of hydrogen-bond acceptors (Lipinski definition) is 2. The Balaban J connectivity index is 2.15. The van der Waals surface area contributed by atoms with E-state index in [-0.39, 0.29) is 13.0 Å². The molecule has 4 nitrogen and oxygen atoms in total. The van der Waals surface area contributed by atoms with Gasteiger partial charge < -0.3 is 5.32 Å². The fraction of sp³-hybridized carbons (Fsp3) is 0.286. The molecule has 0 spiro atoms. The van der Waals surface area contributed by atoms with E-state index in [1.807, 2.05) is 0 Å². The lowest BCUT2D eigenvalue weighted by molar-refractivity contribution is -0.164. The molecule has 1 aromatic heterocycles. The molecule has 1 atom stereocenters. The second-order valence-corrected chi connectivity index (χ2v) is 4.70. The molecule has 0 saturated heterocycles. The fourth-order valence-electron chi connectivity index (χ4n) is 1.99. The quantitative estimate of drug-likeness (QED) is 0.855. The van der Waals surface area contributed by atoms with Crippen LogP contribution in [0.4, 0.5) is 22.0 Å². The van der Waals surface area contributed by atoms with Crippen molar-refractivity contribution in [3.63, 3.8) is 0 Å². The molecule has 0 fully saturated rings. The highest BCUT2D eigenvalue weighted by molar-refractivity contribution is 5.76. The molecule has 0 saturated carbocycles. The van der Waals surface area contributed by atoms with Gasteiger partial charge in [0.05, 0.1) is 5.56 Å². The first kappa shape index (κ1) is 16.9. The van der Waals surface area contributed by atoms with Crippen molar-refractivity contribution >= 4 is 5.91 Å². The van der Waals surface area contributed by atoms with E-state index in [1.165, 1.54) is 17.1 Å². The topological polar surface area (TPSA) is 46.9 Å². The number of halogens is 5.